The summed E-state index contributed by atoms with van der Waals surface area (Å²) >= 11 is 0. The lowest BCUT2D eigenvalue weighted by Gasteiger charge is -2.20. The van der Waals surface area contributed by atoms with E-state index in [0.717, 1.165) is 12.0 Å². The minimum Gasteiger partial charge on any atom is -0.497 e. The van der Waals surface area contributed by atoms with Gasteiger partial charge in [0, 0.05) is 5.56 Å². The summed E-state index contributed by atoms with van der Waals surface area (Å²) in [6, 6.07) is 12.6. The Hall–Kier alpha value is -3.22. The molecular weight excluding hydrogens is 361 g/mol. The molecule has 146 valence electrons. The minimum atomic E-state index is -0.578. The van der Waals surface area contributed by atoms with Crippen molar-refractivity contribution in [1.29, 1.82) is 0 Å². The van der Waals surface area contributed by atoms with Crippen molar-refractivity contribution in [2.45, 2.75) is 26.3 Å². The predicted molar refractivity (Wildman–Crippen MR) is 102 cm³/mol. The number of nitrogens with zero attached hydrogens (tertiary/aromatic N) is 2. The van der Waals surface area contributed by atoms with Gasteiger partial charge in [-0.05, 0) is 30.2 Å². The number of ether oxygens (including phenoxy) is 1. The Morgan fingerprint density at radius 1 is 1.25 bits per heavy atom. The highest BCUT2D eigenvalue weighted by atomic mass is 19.1. The first-order valence-electron chi connectivity index (χ1n) is 9.07. The van der Waals surface area contributed by atoms with Crippen molar-refractivity contribution in [3.63, 3.8) is 0 Å². The Bertz CT molecular complexity index is 957. The average Bonchev–Trinajstić information content (AvgIpc) is 3.21. The maximum absolute atomic E-state index is 13.9. The van der Waals surface area contributed by atoms with E-state index in [1.807, 2.05) is 32.0 Å². The summed E-state index contributed by atoms with van der Waals surface area (Å²) in [7, 11) is 1.58. The van der Waals surface area contributed by atoms with E-state index >= 15 is 0 Å². The van der Waals surface area contributed by atoms with E-state index in [4.69, 9.17) is 9.26 Å². The molecule has 6 nitrogen and oxygen atoms in total. The number of hydrogen-bond donors (Lipinski definition) is 1. The molecule has 0 saturated carbocycles. The number of methoxy groups -OCH3 is 1. The molecule has 1 N–H and O–H groups in total. The highest BCUT2D eigenvalue weighted by Crippen LogP contribution is 2.27. The zero-order valence-corrected chi connectivity index (χ0v) is 16.0. The highest BCUT2D eigenvalue weighted by Gasteiger charge is 2.27. The normalized spacial score (nSPS) is 13.0. The zero-order valence-electron chi connectivity index (χ0n) is 16.0. The third-order valence-corrected chi connectivity index (χ3v) is 4.65. The van der Waals surface area contributed by atoms with Crippen LogP contribution in [-0.2, 0) is 0 Å². The van der Waals surface area contributed by atoms with Gasteiger partial charge in [-0.1, -0.05) is 49.7 Å². The van der Waals surface area contributed by atoms with Gasteiger partial charge in [0.15, 0.2) is 0 Å². The third kappa shape index (κ3) is 4.19. The topological polar surface area (TPSA) is 77.2 Å². The van der Waals surface area contributed by atoms with Gasteiger partial charge in [-0.3, -0.25) is 4.79 Å². The van der Waals surface area contributed by atoms with E-state index in [0.29, 0.717) is 11.6 Å². The second kappa shape index (κ2) is 8.65. The summed E-state index contributed by atoms with van der Waals surface area (Å²) in [4.78, 5) is 17.0. The fourth-order valence-corrected chi connectivity index (χ4v) is 2.79. The van der Waals surface area contributed by atoms with Crippen molar-refractivity contribution in [3.8, 4) is 17.1 Å². The van der Waals surface area contributed by atoms with Gasteiger partial charge in [-0.15, -0.1) is 0 Å². The van der Waals surface area contributed by atoms with Gasteiger partial charge in [0.2, 0.25) is 11.7 Å². The van der Waals surface area contributed by atoms with Crippen LogP contribution in [0.4, 0.5) is 4.39 Å². The van der Waals surface area contributed by atoms with Crippen molar-refractivity contribution >= 4 is 5.91 Å². The molecule has 1 heterocycles. The Morgan fingerprint density at radius 3 is 2.75 bits per heavy atom. The number of carbonyl (C=O) groups excluding carboxylic acids is 1. The van der Waals surface area contributed by atoms with Crippen LogP contribution < -0.4 is 10.1 Å². The van der Waals surface area contributed by atoms with Gasteiger partial charge in [0.05, 0.1) is 12.7 Å². The lowest BCUT2D eigenvalue weighted by atomic mass is 9.98. The van der Waals surface area contributed by atoms with Gasteiger partial charge >= 0.3 is 0 Å². The zero-order chi connectivity index (χ0) is 20.1. The molecule has 3 aromatic rings. The largest absolute Gasteiger partial charge is 0.497 e. The van der Waals surface area contributed by atoms with Gasteiger partial charge in [-0.25, -0.2) is 4.39 Å². The van der Waals surface area contributed by atoms with Crippen molar-refractivity contribution in [2.75, 3.05) is 7.11 Å². The van der Waals surface area contributed by atoms with Gasteiger partial charge in [0.1, 0.15) is 17.6 Å². The molecule has 1 amide bonds. The van der Waals surface area contributed by atoms with Crippen molar-refractivity contribution in [1.82, 2.24) is 15.5 Å². The van der Waals surface area contributed by atoms with Crippen molar-refractivity contribution in [3.05, 3.63) is 65.8 Å². The summed E-state index contributed by atoms with van der Waals surface area (Å²) in [6.45, 7) is 3.95. The number of benzene rings is 2. The van der Waals surface area contributed by atoms with Crippen molar-refractivity contribution in [2.24, 2.45) is 5.92 Å². The molecule has 0 unspecified atom stereocenters. The summed E-state index contributed by atoms with van der Waals surface area (Å²) in [5, 5.41) is 6.86. The minimum absolute atomic E-state index is 0.00864. The fourth-order valence-electron chi connectivity index (χ4n) is 2.79. The number of aromatic nitrogens is 2. The predicted octanol–water partition coefficient (Wildman–Crippen LogP) is 4.40. The van der Waals surface area contributed by atoms with Crippen LogP contribution in [0.3, 0.4) is 0 Å². The number of nitrogens with one attached hydrogen (secondary N) is 1. The molecule has 0 aliphatic carbocycles. The average molecular weight is 383 g/mol. The molecule has 2 atom stereocenters. The highest BCUT2D eigenvalue weighted by molar-refractivity contribution is 5.94. The number of hydrogen-bond acceptors (Lipinski definition) is 5. The van der Waals surface area contributed by atoms with E-state index in [1.165, 1.54) is 18.2 Å². The van der Waals surface area contributed by atoms with E-state index < -0.39 is 17.8 Å². The first-order valence-corrected chi connectivity index (χ1v) is 9.07. The van der Waals surface area contributed by atoms with Gasteiger partial charge in [-0.2, -0.15) is 4.98 Å². The van der Waals surface area contributed by atoms with Crippen LogP contribution in [-0.4, -0.2) is 23.2 Å². The molecule has 0 fully saturated rings. The molecule has 2 aromatic carbocycles. The van der Waals surface area contributed by atoms with E-state index in [9.17, 15) is 9.18 Å². The summed E-state index contributed by atoms with van der Waals surface area (Å²) in [5.41, 5.74) is 0.709. The molecule has 0 saturated heterocycles. The molecule has 0 aliphatic heterocycles. The molecule has 0 radical (unpaired) electrons. The first-order chi connectivity index (χ1) is 13.5. The maximum Gasteiger partial charge on any atom is 0.254 e. The molecular formula is C21H22FN3O3. The summed E-state index contributed by atoms with van der Waals surface area (Å²) < 4.78 is 24.6. The van der Waals surface area contributed by atoms with Gasteiger partial charge in [0.25, 0.3) is 5.91 Å². The second-order valence-corrected chi connectivity index (χ2v) is 6.50. The number of halogens is 1. The van der Waals surface area contributed by atoms with Crippen LogP contribution >= 0.6 is 0 Å². The Labute approximate surface area is 162 Å². The Kier molecular flexibility index (Phi) is 6.03. The van der Waals surface area contributed by atoms with Crippen LogP contribution in [0.2, 0.25) is 0 Å². The summed E-state index contributed by atoms with van der Waals surface area (Å²) in [5.74, 6) is 0.249. The number of carbonyl (C=O) groups is 1. The van der Waals surface area contributed by atoms with E-state index in [1.54, 1.807) is 19.2 Å². The second-order valence-electron chi connectivity index (χ2n) is 6.50. The van der Waals surface area contributed by atoms with E-state index in [2.05, 4.69) is 15.5 Å². The standard InChI is InChI=1S/C21H22FN3O3/c1-4-13(2)18(23-20(26)16-10-5-6-11-17(16)22)21-24-19(25-28-21)14-8-7-9-15(12-14)27-3/h5-13,18H,4H2,1-3H3,(H,23,26)/t13-,18+/m1/s1. The molecule has 0 spiro atoms. The van der Waals surface area contributed by atoms with Gasteiger partial charge < -0.3 is 14.6 Å². The third-order valence-electron chi connectivity index (χ3n) is 4.65. The van der Waals surface area contributed by atoms with Crippen LogP contribution in [0.5, 0.6) is 5.75 Å². The van der Waals surface area contributed by atoms with E-state index in [-0.39, 0.29) is 17.4 Å². The smallest absolute Gasteiger partial charge is 0.254 e. The Morgan fingerprint density at radius 2 is 2.04 bits per heavy atom. The van der Waals surface area contributed by atoms with Crippen LogP contribution in [0.1, 0.15) is 42.6 Å². The molecule has 0 aliphatic rings. The number of rotatable bonds is 7. The van der Waals surface area contributed by atoms with Crippen LogP contribution in [0.15, 0.2) is 53.1 Å². The fraction of sp³-hybridized carbons (Fsp3) is 0.286. The molecule has 0 bridgehead atoms. The monoisotopic (exact) mass is 383 g/mol. The molecule has 7 heteroatoms. The Balaban J connectivity index is 1.87. The maximum atomic E-state index is 13.9. The van der Waals surface area contributed by atoms with Crippen molar-refractivity contribution < 1.29 is 18.4 Å². The summed E-state index contributed by atoms with van der Waals surface area (Å²) in [6.07, 6.45) is 0.763. The molecule has 3 rings (SSSR count). The first kappa shape index (κ1) is 19.5. The lowest BCUT2D eigenvalue weighted by molar-refractivity contribution is 0.0906. The molecule has 1 aromatic heterocycles. The van der Waals surface area contributed by atoms with Crippen LogP contribution in [0.25, 0.3) is 11.4 Å². The SMILES string of the molecule is CC[C@@H](C)[C@H](NC(=O)c1ccccc1F)c1nc(-c2cccc(OC)c2)no1. The molecule has 28 heavy (non-hydrogen) atoms. The quantitative estimate of drug-likeness (QED) is 0.654. The lowest BCUT2D eigenvalue weighted by Crippen LogP contribution is -2.33. The van der Waals surface area contributed by atoms with Crippen LogP contribution in [0, 0.1) is 11.7 Å². The number of amides is 1.